The third-order valence-electron chi connectivity index (χ3n) is 6.66. The zero-order chi connectivity index (χ0) is 19.3. The van der Waals surface area contributed by atoms with Crippen LogP contribution in [0.2, 0.25) is 0 Å². The van der Waals surface area contributed by atoms with Crippen LogP contribution in [0.15, 0.2) is 24.3 Å². The number of benzene rings is 1. The summed E-state index contributed by atoms with van der Waals surface area (Å²) in [4.78, 5) is 28.4. The molecule has 0 radical (unpaired) electrons. The SMILES string of the molecule is CC1(OC(=O)N2C[C@@H]3C(CCNC(=O)N4Cc5ccccc5C4)[C@@H]3C2)COC1. The van der Waals surface area contributed by atoms with Crippen LogP contribution >= 0.6 is 0 Å². The predicted octanol–water partition coefficient (Wildman–Crippen LogP) is 2.21. The summed E-state index contributed by atoms with van der Waals surface area (Å²) in [5.41, 5.74) is 2.04. The number of carbonyl (C=O) groups excluding carboxylic acids is 2. The number of rotatable bonds is 4. The van der Waals surface area contributed by atoms with Crippen LogP contribution < -0.4 is 5.32 Å². The minimum Gasteiger partial charge on any atom is -0.438 e. The minimum absolute atomic E-state index is 0.0168. The second kappa shape index (κ2) is 6.65. The van der Waals surface area contributed by atoms with Crippen LogP contribution in [-0.4, -0.2) is 60.4 Å². The fourth-order valence-corrected chi connectivity index (χ4v) is 4.88. The first-order valence-electron chi connectivity index (χ1n) is 10.2. The molecule has 3 aliphatic heterocycles. The number of ether oxygens (including phenoxy) is 2. The Labute approximate surface area is 165 Å². The van der Waals surface area contributed by atoms with Gasteiger partial charge in [0.25, 0.3) is 0 Å². The molecule has 7 heteroatoms. The van der Waals surface area contributed by atoms with E-state index < -0.39 is 5.60 Å². The van der Waals surface area contributed by atoms with E-state index >= 15 is 0 Å². The molecule has 1 N–H and O–H groups in total. The van der Waals surface area contributed by atoms with Crippen LogP contribution in [0.3, 0.4) is 0 Å². The van der Waals surface area contributed by atoms with Crippen molar-refractivity contribution in [3.05, 3.63) is 35.4 Å². The zero-order valence-electron chi connectivity index (χ0n) is 16.2. The van der Waals surface area contributed by atoms with Gasteiger partial charge in [0.1, 0.15) is 0 Å². The van der Waals surface area contributed by atoms with Gasteiger partial charge < -0.3 is 24.6 Å². The summed E-state index contributed by atoms with van der Waals surface area (Å²) in [7, 11) is 0. The van der Waals surface area contributed by atoms with E-state index in [1.165, 1.54) is 11.1 Å². The van der Waals surface area contributed by atoms with E-state index in [9.17, 15) is 9.59 Å². The van der Waals surface area contributed by atoms with Crippen molar-refractivity contribution in [1.82, 2.24) is 15.1 Å². The third kappa shape index (κ3) is 3.21. The lowest BCUT2D eigenvalue weighted by Gasteiger charge is -2.38. The highest BCUT2D eigenvalue weighted by Gasteiger charge is 2.56. The molecule has 4 aliphatic rings. The van der Waals surface area contributed by atoms with E-state index in [4.69, 9.17) is 9.47 Å². The molecule has 1 aromatic rings. The monoisotopic (exact) mass is 385 g/mol. The summed E-state index contributed by atoms with van der Waals surface area (Å²) in [6.45, 7) is 6.53. The Kier molecular flexibility index (Phi) is 4.23. The molecule has 0 spiro atoms. The molecule has 0 aromatic heterocycles. The van der Waals surface area contributed by atoms with Gasteiger partial charge in [0.2, 0.25) is 0 Å². The number of nitrogens with one attached hydrogen (secondary N) is 1. The number of hydrogen-bond acceptors (Lipinski definition) is 4. The Bertz CT molecular complexity index is 757. The molecular weight excluding hydrogens is 358 g/mol. The van der Waals surface area contributed by atoms with Crippen LogP contribution in [0.5, 0.6) is 0 Å². The van der Waals surface area contributed by atoms with Gasteiger partial charge in [-0.25, -0.2) is 9.59 Å². The molecule has 3 fully saturated rings. The third-order valence-corrected chi connectivity index (χ3v) is 6.66. The Balaban J connectivity index is 1.01. The summed E-state index contributed by atoms with van der Waals surface area (Å²) in [6, 6.07) is 8.23. The topological polar surface area (TPSA) is 71.1 Å². The first-order valence-corrected chi connectivity index (χ1v) is 10.2. The van der Waals surface area contributed by atoms with Gasteiger partial charge in [0.15, 0.2) is 5.60 Å². The van der Waals surface area contributed by atoms with Gasteiger partial charge in [-0.05, 0) is 42.2 Å². The normalized spacial score (nSPS) is 29.0. The molecule has 1 unspecified atom stereocenters. The van der Waals surface area contributed by atoms with Crippen molar-refractivity contribution in [3.8, 4) is 0 Å². The van der Waals surface area contributed by atoms with Crippen molar-refractivity contribution in [2.24, 2.45) is 17.8 Å². The lowest BCUT2D eigenvalue weighted by Crippen LogP contribution is -2.52. The van der Waals surface area contributed by atoms with Gasteiger partial charge >= 0.3 is 12.1 Å². The van der Waals surface area contributed by atoms with Crippen LogP contribution in [0, 0.1) is 17.8 Å². The Hall–Kier alpha value is -2.28. The van der Waals surface area contributed by atoms with Crippen molar-refractivity contribution in [1.29, 1.82) is 0 Å². The molecule has 2 saturated heterocycles. The summed E-state index contributed by atoms with van der Waals surface area (Å²) in [5, 5.41) is 3.07. The molecule has 7 nitrogen and oxygen atoms in total. The van der Waals surface area contributed by atoms with Crippen LogP contribution in [0.1, 0.15) is 24.5 Å². The maximum absolute atomic E-state index is 12.4. The zero-order valence-corrected chi connectivity index (χ0v) is 16.2. The molecule has 28 heavy (non-hydrogen) atoms. The van der Waals surface area contributed by atoms with Gasteiger partial charge in [0.05, 0.1) is 13.2 Å². The maximum atomic E-state index is 12.4. The summed E-state index contributed by atoms with van der Waals surface area (Å²) in [5.74, 6) is 1.74. The van der Waals surface area contributed by atoms with Gasteiger partial charge in [-0.1, -0.05) is 24.3 Å². The molecule has 5 rings (SSSR count). The first kappa shape index (κ1) is 17.8. The molecule has 1 aliphatic carbocycles. The molecule has 1 aromatic carbocycles. The molecule has 3 atom stereocenters. The van der Waals surface area contributed by atoms with Gasteiger partial charge in [0, 0.05) is 32.7 Å². The number of piperidine rings is 1. The summed E-state index contributed by atoms with van der Waals surface area (Å²) >= 11 is 0. The largest absolute Gasteiger partial charge is 0.438 e. The Morgan fingerprint density at radius 3 is 2.36 bits per heavy atom. The lowest BCUT2D eigenvalue weighted by atomic mass is 10.1. The fraction of sp³-hybridized carbons (Fsp3) is 0.619. The number of nitrogens with zero attached hydrogens (tertiary/aromatic N) is 2. The first-order chi connectivity index (χ1) is 13.5. The molecule has 150 valence electrons. The number of carbonyl (C=O) groups is 2. The van der Waals surface area contributed by atoms with Crippen molar-refractivity contribution >= 4 is 12.1 Å². The standard InChI is InChI=1S/C21H27N3O4/c1-21(12-27-13-21)28-20(26)24-10-17-16(18(17)11-24)6-7-22-19(25)23-8-14-4-2-3-5-15(14)9-23/h2-5,16-18H,6-13H2,1H3,(H,22,25)/t16?,17-,18+. The highest BCUT2D eigenvalue weighted by Crippen LogP contribution is 2.53. The van der Waals surface area contributed by atoms with Gasteiger partial charge in [-0.15, -0.1) is 0 Å². The van der Waals surface area contributed by atoms with E-state index in [0.717, 1.165) is 19.5 Å². The number of likely N-dealkylation sites (tertiary alicyclic amines) is 1. The van der Waals surface area contributed by atoms with Gasteiger partial charge in [-0.3, -0.25) is 0 Å². The van der Waals surface area contributed by atoms with Crippen molar-refractivity contribution in [2.75, 3.05) is 32.8 Å². The highest BCUT2D eigenvalue weighted by molar-refractivity contribution is 5.75. The maximum Gasteiger partial charge on any atom is 0.410 e. The predicted molar refractivity (Wildman–Crippen MR) is 101 cm³/mol. The van der Waals surface area contributed by atoms with Gasteiger partial charge in [-0.2, -0.15) is 0 Å². The average Bonchev–Trinajstić information content (AvgIpc) is 3.05. The highest BCUT2D eigenvalue weighted by atomic mass is 16.6. The van der Waals surface area contributed by atoms with E-state index in [1.807, 2.05) is 28.9 Å². The van der Waals surface area contributed by atoms with Crippen molar-refractivity contribution < 1.29 is 19.1 Å². The van der Waals surface area contributed by atoms with Crippen molar-refractivity contribution in [2.45, 2.75) is 32.0 Å². The Morgan fingerprint density at radius 2 is 1.79 bits per heavy atom. The summed E-state index contributed by atoms with van der Waals surface area (Å²) < 4.78 is 10.7. The average molecular weight is 385 g/mol. The number of amides is 3. The second-order valence-electron chi connectivity index (χ2n) is 8.85. The molecular formula is C21H27N3O4. The fourth-order valence-electron chi connectivity index (χ4n) is 4.88. The van der Waals surface area contributed by atoms with Crippen molar-refractivity contribution in [3.63, 3.8) is 0 Å². The molecule has 1 saturated carbocycles. The smallest absolute Gasteiger partial charge is 0.410 e. The Morgan fingerprint density at radius 1 is 1.14 bits per heavy atom. The summed E-state index contributed by atoms with van der Waals surface area (Å²) in [6.07, 6.45) is 0.773. The molecule has 3 heterocycles. The van der Waals surface area contributed by atoms with Crippen LogP contribution in [-0.2, 0) is 22.6 Å². The number of urea groups is 1. The van der Waals surface area contributed by atoms with E-state index in [0.29, 0.717) is 50.6 Å². The van der Waals surface area contributed by atoms with Crippen LogP contribution in [0.4, 0.5) is 9.59 Å². The van der Waals surface area contributed by atoms with E-state index in [2.05, 4.69) is 17.4 Å². The number of hydrogen-bond donors (Lipinski definition) is 1. The van der Waals surface area contributed by atoms with E-state index in [-0.39, 0.29) is 12.1 Å². The van der Waals surface area contributed by atoms with E-state index in [1.54, 1.807) is 0 Å². The molecule has 0 bridgehead atoms. The number of fused-ring (bicyclic) bond motifs is 2. The quantitative estimate of drug-likeness (QED) is 0.863. The molecule has 3 amide bonds. The lowest BCUT2D eigenvalue weighted by molar-refractivity contribution is -0.171. The minimum atomic E-state index is -0.442. The van der Waals surface area contributed by atoms with Crippen LogP contribution in [0.25, 0.3) is 0 Å². The second-order valence-corrected chi connectivity index (χ2v) is 8.85.